The van der Waals surface area contributed by atoms with Crippen molar-refractivity contribution >= 4 is 11.7 Å². The zero-order valence-electron chi connectivity index (χ0n) is 10.8. The number of aromatic carboxylic acids is 1. The highest BCUT2D eigenvalue weighted by Crippen LogP contribution is 2.28. The second-order valence-electron chi connectivity index (χ2n) is 4.50. The number of hydrogen-bond acceptors (Lipinski definition) is 6. The zero-order valence-corrected chi connectivity index (χ0v) is 10.8. The molecule has 0 aromatic carbocycles. The van der Waals surface area contributed by atoms with Crippen LogP contribution in [-0.2, 0) is 0 Å². The molecule has 8 nitrogen and oxygen atoms in total. The molecular formula is C12H13N5O3. The topological polar surface area (TPSA) is 93.4 Å². The molecule has 3 rings (SSSR count). The highest BCUT2D eigenvalue weighted by atomic mass is 16.5. The standard InChI is InChI=1S/C12H13N5O3/c1-20-11-4-8(2-3-13-11)16-5-9(6-16)17-7-10(12(18)19)14-15-17/h2-4,7,9H,5-6H2,1H3,(H,18,19). The van der Waals surface area contributed by atoms with Gasteiger partial charge in [0, 0.05) is 31.0 Å². The first-order valence-electron chi connectivity index (χ1n) is 6.07. The van der Waals surface area contributed by atoms with Gasteiger partial charge < -0.3 is 14.7 Å². The molecule has 1 aliphatic heterocycles. The van der Waals surface area contributed by atoms with Crippen LogP contribution in [0.15, 0.2) is 24.5 Å². The molecule has 3 heterocycles. The van der Waals surface area contributed by atoms with Gasteiger partial charge in [-0.05, 0) is 6.07 Å². The fourth-order valence-corrected chi connectivity index (χ4v) is 2.09. The van der Waals surface area contributed by atoms with Crippen molar-refractivity contribution in [1.29, 1.82) is 0 Å². The predicted molar refractivity (Wildman–Crippen MR) is 69.0 cm³/mol. The van der Waals surface area contributed by atoms with Crippen LogP contribution in [0.1, 0.15) is 16.5 Å². The number of aromatic nitrogens is 4. The number of rotatable bonds is 4. The molecule has 0 spiro atoms. The van der Waals surface area contributed by atoms with Gasteiger partial charge in [-0.2, -0.15) is 0 Å². The molecule has 1 N–H and O–H groups in total. The number of nitrogens with zero attached hydrogens (tertiary/aromatic N) is 5. The van der Waals surface area contributed by atoms with Crippen LogP contribution >= 0.6 is 0 Å². The van der Waals surface area contributed by atoms with Crippen molar-refractivity contribution in [3.05, 3.63) is 30.2 Å². The first kappa shape index (κ1) is 12.4. The fraction of sp³-hybridized carbons (Fsp3) is 0.333. The first-order valence-corrected chi connectivity index (χ1v) is 6.07. The summed E-state index contributed by atoms with van der Waals surface area (Å²) in [5.41, 5.74) is 0.987. The van der Waals surface area contributed by atoms with Gasteiger partial charge in [0.1, 0.15) is 0 Å². The molecule has 8 heteroatoms. The van der Waals surface area contributed by atoms with E-state index in [2.05, 4.69) is 20.2 Å². The van der Waals surface area contributed by atoms with Crippen LogP contribution in [0.4, 0.5) is 5.69 Å². The Morgan fingerprint density at radius 3 is 2.95 bits per heavy atom. The molecule has 2 aromatic rings. The van der Waals surface area contributed by atoms with E-state index in [0.29, 0.717) is 5.88 Å². The van der Waals surface area contributed by atoms with Gasteiger partial charge in [-0.15, -0.1) is 5.10 Å². The van der Waals surface area contributed by atoms with E-state index in [4.69, 9.17) is 9.84 Å². The number of anilines is 1. The van der Waals surface area contributed by atoms with Crippen LogP contribution in [0, 0.1) is 0 Å². The Bertz CT molecular complexity index is 636. The molecule has 0 aliphatic carbocycles. The molecule has 1 aliphatic rings. The SMILES string of the molecule is COc1cc(N2CC(n3cc(C(=O)O)nn3)C2)ccn1. The van der Waals surface area contributed by atoms with E-state index in [0.717, 1.165) is 18.8 Å². The third-order valence-corrected chi connectivity index (χ3v) is 3.26. The average Bonchev–Trinajstić information content (AvgIpc) is 2.87. The van der Waals surface area contributed by atoms with Gasteiger partial charge in [-0.1, -0.05) is 5.21 Å². The Kier molecular flexibility index (Phi) is 2.97. The Hall–Kier alpha value is -2.64. The van der Waals surface area contributed by atoms with Gasteiger partial charge in [-0.3, -0.25) is 0 Å². The minimum absolute atomic E-state index is 0.0333. The van der Waals surface area contributed by atoms with E-state index in [1.54, 1.807) is 18.0 Å². The van der Waals surface area contributed by atoms with Crippen LogP contribution < -0.4 is 9.64 Å². The lowest BCUT2D eigenvalue weighted by molar-refractivity contribution is 0.0690. The summed E-state index contributed by atoms with van der Waals surface area (Å²) in [4.78, 5) is 16.9. The monoisotopic (exact) mass is 275 g/mol. The first-order chi connectivity index (χ1) is 9.67. The zero-order chi connectivity index (χ0) is 14.1. The summed E-state index contributed by atoms with van der Waals surface area (Å²) in [7, 11) is 1.58. The van der Waals surface area contributed by atoms with Gasteiger partial charge in [-0.25, -0.2) is 14.5 Å². The maximum atomic E-state index is 10.8. The molecule has 0 saturated carbocycles. The van der Waals surface area contributed by atoms with Gasteiger partial charge in [0.05, 0.1) is 19.3 Å². The number of hydrogen-bond donors (Lipinski definition) is 1. The van der Waals surface area contributed by atoms with Crippen LogP contribution in [0.2, 0.25) is 0 Å². The number of pyridine rings is 1. The smallest absolute Gasteiger partial charge is 0.358 e. The van der Waals surface area contributed by atoms with Crippen LogP contribution in [-0.4, -0.2) is 51.3 Å². The Labute approximate surface area is 114 Å². The summed E-state index contributed by atoms with van der Waals surface area (Å²) in [6, 6.07) is 3.90. The minimum Gasteiger partial charge on any atom is -0.481 e. The highest BCUT2D eigenvalue weighted by Gasteiger charge is 2.30. The summed E-state index contributed by atoms with van der Waals surface area (Å²) in [5.74, 6) is -0.494. The molecule has 104 valence electrons. The van der Waals surface area contributed by atoms with Crippen molar-refractivity contribution in [2.24, 2.45) is 0 Å². The third kappa shape index (κ3) is 2.15. The molecule has 0 unspecified atom stereocenters. The molecule has 0 atom stereocenters. The van der Waals surface area contributed by atoms with Gasteiger partial charge >= 0.3 is 5.97 Å². The molecule has 2 aromatic heterocycles. The number of ether oxygens (including phenoxy) is 1. The maximum Gasteiger partial charge on any atom is 0.358 e. The number of carbonyl (C=O) groups is 1. The quantitative estimate of drug-likeness (QED) is 0.865. The van der Waals surface area contributed by atoms with Crippen molar-refractivity contribution in [2.75, 3.05) is 25.1 Å². The van der Waals surface area contributed by atoms with Crippen molar-refractivity contribution in [1.82, 2.24) is 20.0 Å². The maximum absolute atomic E-state index is 10.8. The molecular weight excluding hydrogens is 262 g/mol. The fourth-order valence-electron chi connectivity index (χ4n) is 2.09. The van der Waals surface area contributed by atoms with E-state index in [1.165, 1.54) is 6.20 Å². The second-order valence-corrected chi connectivity index (χ2v) is 4.50. The van der Waals surface area contributed by atoms with E-state index >= 15 is 0 Å². The Morgan fingerprint density at radius 1 is 1.50 bits per heavy atom. The van der Waals surface area contributed by atoms with E-state index < -0.39 is 5.97 Å². The normalized spacial score (nSPS) is 14.9. The molecule has 0 radical (unpaired) electrons. The lowest BCUT2D eigenvalue weighted by Gasteiger charge is -2.40. The second kappa shape index (κ2) is 4.80. The number of carboxylic acid groups (broad SMARTS) is 1. The Balaban J connectivity index is 1.66. The van der Waals surface area contributed by atoms with Crippen molar-refractivity contribution in [2.45, 2.75) is 6.04 Å². The Morgan fingerprint density at radius 2 is 2.30 bits per heavy atom. The summed E-state index contributed by atoms with van der Waals surface area (Å²) < 4.78 is 6.68. The van der Waals surface area contributed by atoms with Crippen molar-refractivity contribution in [3.8, 4) is 5.88 Å². The van der Waals surface area contributed by atoms with Gasteiger partial charge in [0.2, 0.25) is 5.88 Å². The molecule has 1 fully saturated rings. The van der Waals surface area contributed by atoms with E-state index in [9.17, 15) is 4.79 Å². The van der Waals surface area contributed by atoms with Gasteiger partial charge in [0.15, 0.2) is 5.69 Å². The van der Waals surface area contributed by atoms with Crippen LogP contribution in [0.25, 0.3) is 0 Å². The lowest BCUT2D eigenvalue weighted by Crippen LogP contribution is -2.48. The van der Waals surface area contributed by atoms with Gasteiger partial charge in [0.25, 0.3) is 0 Å². The highest BCUT2D eigenvalue weighted by molar-refractivity contribution is 5.84. The molecule has 20 heavy (non-hydrogen) atoms. The molecule has 0 bridgehead atoms. The van der Waals surface area contributed by atoms with E-state index in [1.807, 2.05) is 12.1 Å². The molecule has 1 saturated heterocycles. The van der Waals surface area contributed by atoms with Crippen molar-refractivity contribution in [3.63, 3.8) is 0 Å². The summed E-state index contributed by atoms with van der Waals surface area (Å²) in [6.45, 7) is 1.49. The van der Waals surface area contributed by atoms with Crippen molar-refractivity contribution < 1.29 is 14.6 Å². The summed E-state index contributed by atoms with van der Waals surface area (Å²) in [6.07, 6.45) is 3.15. The van der Waals surface area contributed by atoms with Crippen LogP contribution in [0.5, 0.6) is 5.88 Å². The third-order valence-electron chi connectivity index (χ3n) is 3.26. The largest absolute Gasteiger partial charge is 0.481 e. The van der Waals surface area contributed by atoms with Crippen LogP contribution in [0.3, 0.4) is 0 Å². The predicted octanol–water partition coefficient (Wildman–Crippen LogP) is 0.441. The molecule has 0 amide bonds. The van der Waals surface area contributed by atoms with E-state index in [-0.39, 0.29) is 11.7 Å². The number of methoxy groups -OCH3 is 1. The number of carboxylic acids is 1. The lowest BCUT2D eigenvalue weighted by atomic mass is 10.1. The summed E-state index contributed by atoms with van der Waals surface area (Å²) >= 11 is 0. The average molecular weight is 275 g/mol. The minimum atomic E-state index is -1.06. The summed E-state index contributed by atoms with van der Waals surface area (Å²) in [5, 5.41) is 16.3.